The first-order valence-electron chi connectivity index (χ1n) is 6.43. The Morgan fingerprint density at radius 2 is 1.74 bits per heavy atom. The molecule has 100 valence electrons. The number of rotatable bonds is 6. The first-order chi connectivity index (χ1) is 9.24. The lowest BCUT2D eigenvalue weighted by Gasteiger charge is -2.15. The van der Waals surface area contributed by atoms with E-state index in [1.807, 2.05) is 18.2 Å². The summed E-state index contributed by atoms with van der Waals surface area (Å²) in [4.78, 5) is 0. The molecule has 2 N–H and O–H groups in total. The zero-order valence-electron chi connectivity index (χ0n) is 11.0. The van der Waals surface area contributed by atoms with Gasteiger partial charge in [0, 0.05) is 12.6 Å². The minimum absolute atomic E-state index is 0.252. The summed E-state index contributed by atoms with van der Waals surface area (Å²) in [6, 6.07) is 17.3. The van der Waals surface area contributed by atoms with Crippen LogP contribution in [0, 0.1) is 0 Å². The Morgan fingerprint density at radius 1 is 1.05 bits per heavy atom. The second-order valence-electron chi connectivity index (χ2n) is 4.57. The quantitative estimate of drug-likeness (QED) is 0.836. The van der Waals surface area contributed by atoms with Crippen molar-refractivity contribution in [3.8, 4) is 11.5 Å². The van der Waals surface area contributed by atoms with Gasteiger partial charge in [-0.1, -0.05) is 30.3 Å². The summed E-state index contributed by atoms with van der Waals surface area (Å²) in [5, 5.41) is 12.6. The van der Waals surface area contributed by atoms with Crippen LogP contribution in [0.4, 0.5) is 0 Å². The molecule has 3 nitrogen and oxygen atoms in total. The zero-order valence-corrected chi connectivity index (χ0v) is 11.0. The highest BCUT2D eigenvalue weighted by molar-refractivity contribution is 5.30. The van der Waals surface area contributed by atoms with E-state index in [1.54, 1.807) is 24.3 Å². The Labute approximate surface area is 113 Å². The fourth-order valence-corrected chi connectivity index (χ4v) is 1.71. The van der Waals surface area contributed by atoms with E-state index in [9.17, 15) is 5.11 Å². The topological polar surface area (TPSA) is 41.5 Å². The largest absolute Gasteiger partial charge is 0.508 e. The molecule has 0 aliphatic carbocycles. The Morgan fingerprint density at radius 3 is 2.42 bits per heavy atom. The van der Waals surface area contributed by atoms with Crippen LogP contribution in [0.1, 0.15) is 12.5 Å². The van der Waals surface area contributed by atoms with Crippen molar-refractivity contribution in [3.05, 3.63) is 60.2 Å². The van der Waals surface area contributed by atoms with E-state index in [1.165, 1.54) is 5.56 Å². The van der Waals surface area contributed by atoms with Crippen LogP contribution in [0.25, 0.3) is 0 Å². The van der Waals surface area contributed by atoms with Gasteiger partial charge < -0.3 is 15.2 Å². The molecule has 0 radical (unpaired) electrons. The maximum absolute atomic E-state index is 9.18. The average Bonchev–Trinajstić information content (AvgIpc) is 2.45. The first-order valence-corrected chi connectivity index (χ1v) is 6.43. The maximum atomic E-state index is 9.18. The van der Waals surface area contributed by atoms with Crippen molar-refractivity contribution < 1.29 is 9.84 Å². The van der Waals surface area contributed by atoms with Crippen LogP contribution in [0.5, 0.6) is 11.5 Å². The predicted octanol–water partition coefficient (Wildman–Crippen LogP) is 2.95. The standard InChI is InChI=1S/C16H19NO2/c1-13(17-11-14-5-3-2-4-6-14)12-19-16-9-7-15(18)8-10-16/h2-10,13,17-18H,11-12H2,1H3. The number of aromatic hydroxyl groups is 1. The normalized spacial score (nSPS) is 12.1. The van der Waals surface area contributed by atoms with Gasteiger partial charge in [-0.05, 0) is 36.8 Å². The maximum Gasteiger partial charge on any atom is 0.119 e. The molecular weight excluding hydrogens is 238 g/mol. The summed E-state index contributed by atoms with van der Waals surface area (Å²) in [6.07, 6.45) is 0. The van der Waals surface area contributed by atoms with E-state index < -0.39 is 0 Å². The monoisotopic (exact) mass is 257 g/mol. The lowest BCUT2D eigenvalue weighted by atomic mass is 10.2. The van der Waals surface area contributed by atoms with Crippen molar-refractivity contribution in [2.24, 2.45) is 0 Å². The van der Waals surface area contributed by atoms with E-state index in [0.29, 0.717) is 6.61 Å². The number of ether oxygens (including phenoxy) is 1. The molecule has 0 aliphatic heterocycles. The van der Waals surface area contributed by atoms with Gasteiger partial charge in [0.25, 0.3) is 0 Å². The molecule has 19 heavy (non-hydrogen) atoms. The number of benzene rings is 2. The summed E-state index contributed by atoms with van der Waals surface area (Å²) < 4.78 is 5.64. The van der Waals surface area contributed by atoms with Crippen molar-refractivity contribution in [1.82, 2.24) is 5.32 Å². The Hall–Kier alpha value is -2.00. The number of phenols is 1. The lowest BCUT2D eigenvalue weighted by molar-refractivity contribution is 0.272. The summed E-state index contributed by atoms with van der Waals surface area (Å²) in [5.41, 5.74) is 1.26. The number of hydrogen-bond acceptors (Lipinski definition) is 3. The van der Waals surface area contributed by atoms with Gasteiger partial charge in [0.1, 0.15) is 18.1 Å². The molecule has 0 heterocycles. The second kappa shape index (κ2) is 6.81. The fourth-order valence-electron chi connectivity index (χ4n) is 1.71. The van der Waals surface area contributed by atoms with Gasteiger partial charge in [0.05, 0.1) is 0 Å². The Kier molecular flexibility index (Phi) is 4.81. The molecule has 0 saturated carbocycles. The molecule has 0 amide bonds. The third kappa shape index (κ3) is 4.64. The molecular formula is C16H19NO2. The van der Waals surface area contributed by atoms with Crippen LogP contribution in [-0.4, -0.2) is 17.8 Å². The van der Waals surface area contributed by atoms with Gasteiger partial charge in [-0.3, -0.25) is 0 Å². The number of nitrogens with one attached hydrogen (secondary N) is 1. The van der Waals surface area contributed by atoms with Gasteiger partial charge >= 0.3 is 0 Å². The summed E-state index contributed by atoms with van der Waals surface area (Å²) in [7, 11) is 0. The smallest absolute Gasteiger partial charge is 0.119 e. The number of phenolic OH excluding ortho intramolecular Hbond substituents is 1. The van der Waals surface area contributed by atoms with Gasteiger partial charge in [-0.15, -0.1) is 0 Å². The highest BCUT2D eigenvalue weighted by atomic mass is 16.5. The fraction of sp³-hybridized carbons (Fsp3) is 0.250. The van der Waals surface area contributed by atoms with E-state index in [4.69, 9.17) is 4.74 Å². The molecule has 0 spiro atoms. The predicted molar refractivity (Wildman–Crippen MR) is 76.3 cm³/mol. The van der Waals surface area contributed by atoms with E-state index in [0.717, 1.165) is 12.3 Å². The molecule has 0 fully saturated rings. The summed E-state index contributed by atoms with van der Waals surface area (Å²) in [6.45, 7) is 3.52. The van der Waals surface area contributed by atoms with Gasteiger partial charge in [0.2, 0.25) is 0 Å². The molecule has 0 bridgehead atoms. The molecule has 0 aromatic heterocycles. The van der Waals surface area contributed by atoms with Crippen LogP contribution in [0.2, 0.25) is 0 Å². The van der Waals surface area contributed by atoms with Crippen LogP contribution in [0.3, 0.4) is 0 Å². The minimum Gasteiger partial charge on any atom is -0.508 e. The minimum atomic E-state index is 0.252. The van der Waals surface area contributed by atoms with Gasteiger partial charge in [-0.2, -0.15) is 0 Å². The zero-order chi connectivity index (χ0) is 13.5. The van der Waals surface area contributed by atoms with Crippen molar-refractivity contribution in [2.45, 2.75) is 19.5 Å². The van der Waals surface area contributed by atoms with Crippen LogP contribution in [0.15, 0.2) is 54.6 Å². The lowest BCUT2D eigenvalue weighted by Crippen LogP contribution is -2.31. The molecule has 2 aromatic rings. The van der Waals surface area contributed by atoms with Crippen molar-refractivity contribution in [1.29, 1.82) is 0 Å². The molecule has 0 aliphatic rings. The van der Waals surface area contributed by atoms with E-state index in [-0.39, 0.29) is 11.8 Å². The molecule has 1 atom stereocenters. The van der Waals surface area contributed by atoms with Crippen molar-refractivity contribution in [2.75, 3.05) is 6.61 Å². The first kappa shape index (κ1) is 13.4. The summed E-state index contributed by atoms with van der Waals surface area (Å²) >= 11 is 0. The van der Waals surface area contributed by atoms with Gasteiger partial charge in [0.15, 0.2) is 0 Å². The molecule has 3 heteroatoms. The van der Waals surface area contributed by atoms with Crippen molar-refractivity contribution >= 4 is 0 Å². The molecule has 1 unspecified atom stereocenters. The highest BCUT2D eigenvalue weighted by Gasteiger charge is 2.02. The van der Waals surface area contributed by atoms with E-state index >= 15 is 0 Å². The van der Waals surface area contributed by atoms with Gasteiger partial charge in [-0.25, -0.2) is 0 Å². The second-order valence-corrected chi connectivity index (χ2v) is 4.57. The van der Waals surface area contributed by atoms with Crippen LogP contribution in [-0.2, 0) is 6.54 Å². The Bertz CT molecular complexity index is 482. The molecule has 2 aromatic carbocycles. The number of hydrogen-bond donors (Lipinski definition) is 2. The van der Waals surface area contributed by atoms with Crippen molar-refractivity contribution in [3.63, 3.8) is 0 Å². The van der Waals surface area contributed by atoms with Crippen LogP contribution >= 0.6 is 0 Å². The van der Waals surface area contributed by atoms with Crippen LogP contribution < -0.4 is 10.1 Å². The summed E-state index contributed by atoms with van der Waals surface area (Å²) in [5.74, 6) is 1.02. The SMILES string of the molecule is CC(COc1ccc(O)cc1)NCc1ccccc1. The third-order valence-electron chi connectivity index (χ3n) is 2.83. The molecule has 0 saturated heterocycles. The average molecular weight is 257 g/mol. The molecule has 2 rings (SSSR count). The highest BCUT2D eigenvalue weighted by Crippen LogP contribution is 2.15. The third-order valence-corrected chi connectivity index (χ3v) is 2.83. The Balaban J connectivity index is 1.72. The van der Waals surface area contributed by atoms with E-state index in [2.05, 4.69) is 24.4 Å².